The van der Waals surface area contributed by atoms with Crippen molar-refractivity contribution in [3.05, 3.63) is 48.0 Å². The molecular weight excluding hydrogens is 486 g/mol. The van der Waals surface area contributed by atoms with Gasteiger partial charge >= 0.3 is 5.97 Å². The number of rotatable bonds is 9. The van der Waals surface area contributed by atoms with Crippen molar-refractivity contribution in [2.24, 2.45) is 5.41 Å². The smallest absolute Gasteiger partial charge is 0.319 e. The molecule has 5 nitrogen and oxygen atoms in total. The fourth-order valence-corrected chi connectivity index (χ4v) is 8.03. The molecule has 3 rings (SSSR count). The molecule has 0 spiro atoms. The standard InChI is InChI=1S/C26H35NO4S3/c1-6-7-13-26(4)17-27(20-11-9-8-10-12-20)21-15-22(32-5)19(14-23(21)34(30,31)18-26)16-33-25(2,3)24(28)29/h8-12,14-15H,6-7,13,16-18H2,1-5H3,(H,28,29)/t26-/m1/s1. The molecule has 0 unspecified atom stereocenters. The van der Waals surface area contributed by atoms with Gasteiger partial charge in [-0.05, 0) is 61.8 Å². The summed E-state index contributed by atoms with van der Waals surface area (Å²) in [6.45, 7) is 8.19. The van der Waals surface area contributed by atoms with Crippen LogP contribution in [0.1, 0.15) is 52.5 Å². The summed E-state index contributed by atoms with van der Waals surface area (Å²) < 4.78 is 26.6. The lowest BCUT2D eigenvalue weighted by Gasteiger charge is -2.34. The third-order valence-corrected chi connectivity index (χ3v) is 10.6. The number of para-hydroxylation sites is 1. The Balaban J connectivity index is 2.16. The molecule has 2 aromatic rings. The Labute approximate surface area is 212 Å². The van der Waals surface area contributed by atoms with E-state index in [9.17, 15) is 18.3 Å². The maximum atomic E-state index is 13.8. The van der Waals surface area contributed by atoms with Gasteiger partial charge in [-0.3, -0.25) is 4.79 Å². The maximum absolute atomic E-state index is 13.8. The fourth-order valence-electron chi connectivity index (χ4n) is 4.32. The van der Waals surface area contributed by atoms with E-state index in [1.807, 2.05) is 42.7 Å². The van der Waals surface area contributed by atoms with Gasteiger partial charge in [0.25, 0.3) is 0 Å². The van der Waals surface area contributed by atoms with E-state index in [1.54, 1.807) is 31.7 Å². The number of carboxylic acids is 1. The molecule has 0 amide bonds. The quantitative estimate of drug-likeness (QED) is 0.371. The van der Waals surface area contributed by atoms with Crippen LogP contribution < -0.4 is 4.90 Å². The van der Waals surface area contributed by atoms with Crippen molar-refractivity contribution in [3.8, 4) is 0 Å². The van der Waals surface area contributed by atoms with Crippen LogP contribution >= 0.6 is 23.5 Å². The highest BCUT2D eigenvalue weighted by molar-refractivity contribution is 8.00. The second kappa shape index (κ2) is 10.5. The number of hydrogen-bond acceptors (Lipinski definition) is 6. The SMILES string of the molecule is CCCC[C@]1(C)CN(c2ccccc2)c2cc(SC)c(CSC(C)(C)C(=O)O)cc2S(=O)(=O)C1. The minimum absolute atomic E-state index is 0.0994. The van der Waals surface area contributed by atoms with Crippen LogP contribution in [0.5, 0.6) is 0 Å². The Morgan fingerprint density at radius 1 is 1.21 bits per heavy atom. The van der Waals surface area contributed by atoms with Crippen LogP contribution in [-0.2, 0) is 20.4 Å². The molecule has 0 radical (unpaired) electrons. The first-order valence-corrected chi connectivity index (χ1v) is 15.4. The Kier molecular flexibility index (Phi) is 8.36. The second-order valence-electron chi connectivity index (χ2n) is 9.83. The summed E-state index contributed by atoms with van der Waals surface area (Å²) >= 11 is 2.88. The monoisotopic (exact) mass is 521 g/mol. The predicted molar refractivity (Wildman–Crippen MR) is 144 cm³/mol. The first-order valence-electron chi connectivity index (χ1n) is 11.6. The number of unbranched alkanes of at least 4 members (excludes halogenated alkanes) is 1. The normalized spacial score (nSPS) is 20.0. The van der Waals surface area contributed by atoms with Gasteiger partial charge < -0.3 is 10.0 Å². The van der Waals surface area contributed by atoms with Crippen LogP contribution in [-0.4, -0.2) is 42.8 Å². The third kappa shape index (κ3) is 5.94. The fraction of sp³-hybridized carbons (Fsp3) is 0.500. The number of nitrogens with zero attached hydrogens (tertiary/aromatic N) is 1. The van der Waals surface area contributed by atoms with Gasteiger partial charge in [0.15, 0.2) is 9.84 Å². The van der Waals surface area contributed by atoms with E-state index in [2.05, 4.69) is 18.7 Å². The van der Waals surface area contributed by atoms with Crippen LogP contribution in [0.25, 0.3) is 0 Å². The second-order valence-corrected chi connectivity index (χ2v) is 14.2. The molecule has 8 heteroatoms. The molecule has 1 aliphatic rings. The van der Waals surface area contributed by atoms with Crippen LogP contribution in [0, 0.1) is 5.41 Å². The van der Waals surface area contributed by atoms with Crippen molar-refractivity contribution in [2.75, 3.05) is 23.5 Å². The van der Waals surface area contributed by atoms with Crippen molar-refractivity contribution in [1.82, 2.24) is 0 Å². The molecular formula is C26H35NO4S3. The zero-order chi connectivity index (χ0) is 25.1. The van der Waals surface area contributed by atoms with E-state index < -0.39 is 20.6 Å². The molecule has 0 aliphatic carbocycles. The van der Waals surface area contributed by atoms with Crippen molar-refractivity contribution in [1.29, 1.82) is 0 Å². The number of fused-ring (bicyclic) bond motifs is 1. The number of carbonyl (C=O) groups is 1. The Morgan fingerprint density at radius 3 is 2.47 bits per heavy atom. The summed E-state index contributed by atoms with van der Waals surface area (Å²) in [6.07, 6.45) is 4.81. The first kappa shape index (κ1) is 27.0. The average Bonchev–Trinajstić information content (AvgIpc) is 2.87. The molecule has 0 bridgehead atoms. The predicted octanol–water partition coefficient (Wildman–Crippen LogP) is 6.63. The van der Waals surface area contributed by atoms with Gasteiger partial charge in [-0.1, -0.05) is 44.9 Å². The number of carboxylic acid groups (broad SMARTS) is 1. The van der Waals surface area contributed by atoms with E-state index in [0.717, 1.165) is 35.4 Å². The Morgan fingerprint density at radius 2 is 1.88 bits per heavy atom. The van der Waals surface area contributed by atoms with Crippen LogP contribution in [0.15, 0.2) is 52.3 Å². The van der Waals surface area contributed by atoms with Crippen LogP contribution in [0.4, 0.5) is 11.4 Å². The molecule has 1 atom stereocenters. The zero-order valence-electron chi connectivity index (χ0n) is 20.6. The number of hydrogen-bond donors (Lipinski definition) is 1. The lowest BCUT2D eigenvalue weighted by Crippen LogP contribution is -2.35. The topological polar surface area (TPSA) is 74.7 Å². The number of sulfone groups is 1. The van der Waals surface area contributed by atoms with Crippen LogP contribution in [0.3, 0.4) is 0 Å². The highest BCUT2D eigenvalue weighted by atomic mass is 32.2. The number of benzene rings is 2. The molecule has 0 saturated heterocycles. The minimum Gasteiger partial charge on any atom is -0.480 e. The summed E-state index contributed by atoms with van der Waals surface area (Å²) in [5.41, 5.74) is 2.16. The molecule has 0 aromatic heterocycles. The van der Waals surface area contributed by atoms with Crippen molar-refractivity contribution < 1.29 is 18.3 Å². The van der Waals surface area contributed by atoms with E-state index >= 15 is 0 Å². The van der Waals surface area contributed by atoms with Crippen molar-refractivity contribution in [3.63, 3.8) is 0 Å². The van der Waals surface area contributed by atoms with E-state index in [-0.39, 0.29) is 11.2 Å². The van der Waals surface area contributed by atoms with Gasteiger partial charge in [-0.25, -0.2) is 8.42 Å². The molecule has 186 valence electrons. The summed E-state index contributed by atoms with van der Waals surface area (Å²) in [7, 11) is -3.55. The highest BCUT2D eigenvalue weighted by Gasteiger charge is 2.40. The Hall–Kier alpha value is -1.64. The highest BCUT2D eigenvalue weighted by Crippen LogP contribution is 2.45. The molecule has 1 heterocycles. The maximum Gasteiger partial charge on any atom is 0.319 e. The molecule has 34 heavy (non-hydrogen) atoms. The van der Waals surface area contributed by atoms with Gasteiger partial charge in [-0.2, -0.15) is 0 Å². The molecule has 0 saturated carbocycles. The summed E-state index contributed by atoms with van der Waals surface area (Å²) in [5.74, 6) is -0.355. The first-order chi connectivity index (χ1) is 15.9. The van der Waals surface area contributed by atoms with Gasteiger partial charge in [0.1, 0.15) is 4.75 Å². The lowest BCUT2D eigenvalue weighted by molar-refractivity contribution is -0.138. The van der Waals surface area contributed by atoms with Crippen molar-refractivity contribution in [2.45, 2.75) is 67.2 Å². The molecule has 2 aromatic carbocycles. The van der Waals surface area contributed by atoms with Gasteiger partial charge in [0, 0.05) is 22.9 Å². The van der Waals surface area contributed by atoms with Gasteiger partial charge in [-0.15, -0.1) is 23.5 Å². The number of anilines is 2. The third-order valence-electron chi connectivity index (χ3n) is 6.37. The summed E-state index contributed by atoms with van der Waals surface area (Å²) in [5, 5.41) is 9.52. The van der Waals surface area contributed by atoms with Gasteiger partial charge in [0.05, 0.1) is 16.3 Å². The zero-order valence-corrected chi connectivity index (χ0v) is 23.1. The number of aliphatic carboxylic acids is 1. The van der Waals surface area contributed by atoms with Crippen LogP contribution in [0.2, 0.25) is 0 Å². The van der Waals surface area contributed by atoms with Gasteiger partial charge in [0.2, 0.25) is 0 Å². The largest absolute Gasteiger partial charge is 0.480 e. The van der Waals surface area contributed by atoms with E-state index in [1.165, 1.54) is 11.8 Å². The minimum atomic E-state index is -3.55. The molecule has 0 fully saturated rings. The lowest BCUT2D eigenvalue weighted by atomic mass is 9.86. The van der Waals surface area contributed by atoms with E-state index in [4.69, 9.17) is 0 Å². The van der Waals surface area contributed by atoms with E-state index in [0.29, 0.717) is 22.9 Å². The Bertz CT molecular complexity index is 1130. The molecule has 1 N–H and O–H groups in total. The molecule has 1 aliphatic heterocycles. The summed E-state index contributed by atoms with van der Waals surface area (Å²) in [4.78, 5) is 15.1. The average molecular weight is 522 g/mol. The van der Waals surface area contributed by atoms with Crippen molar-refractivity contribution >= 4 is 50.7 Å². The number of thioether (sulfide) groups is 2. The summed E-state index contributed by atoms with van der Waals surface area (Å²) in [6, 6.07) is 13.8.